The molecule has 106 valence electrons. The zero-order chi connectivity index (χ0) is 14.7. The van der Waals surface area contributed by atoms with Crippen molar-refractivity contribution >= 4 is 11.7 Å². The van der Waals surface area contributed by atoms with Crippen molar-refractivity contribution in [2.24, 2.45) is 0 Å². The lowest BCUT2D eigenvalue weighted by Gasteiger charge is -2.05. The number of hydrogen-bond donors (Lipinski definition) is 3. The summed E-state index contributed by atoms with van der Waals surface area (Å²) in [5.41, 5.74) is 3.08. The molecule has 0 aliphatic carbocycles. The van der Waals surface area contributed by atoms with Crippen LogP contribution in [0.3, 0.4) is 0 Å². The van der Waals surface area contributed by atoms with E-state index >= 15 is 0 Å². The average Bonchev–Trinajstić information content (AvgIpc) is 3.16. The molecule has 0 radical (unpaired) electrons. The fraction of sp³-hybridized carbons (Fsp3) is 0.133. The zero-order valence-corrected chi connectivity index (χ0v) is 11.6. The molecule has 0 atom stereocenters. The van der Waals surface area contributed by atoms with Crippen LogP contribution in [-0.2, 0) is 6.42 Å². The van der Waals surface area contributed by atoms with Crippen LogP contribution in [0.25, 0.3) is 11.3 Å². The van der Waals surface area contributed by atoms with Crippen molar-refractivity contribution in [2.45, 2.75) is 13.3 Å². The Labute approximate surface area is 121 Å². The van der Waals surface area contributed by atoms with Gasteiger partial charge in [0.1, 0.15) is 5.82 Å². The topological polar surface area (TPSA) is 86.5 Å². The van der Waals surface area contributed by atoms with E-state index in [1.807, 2.05) is 37.3 Å². The molecule has 0 unspecified atom stereocenters. The van der Waals surface area contributed by atoms with Crippen molar-refractivity contribution in [1.29, 1.82) is 0 Å². The summed E-state index contributed by atoms with van der Waals surface area (Å²) < 4.78 is 0. The summed E-state index contributed by atoms with van der Waals surface area (Å²) in [7, 11) is 0. The number of carbonyl (C=O) groups excluding carboxylic acids is 1. The second kappa shape index (κ2) is 5.62. The van der Waals surface area contributed by atoms with E-state index in [0.717, 1.165) is 17.5 Å². The highest BCUT2D eigenvalue weighted by molar-refractivity contribution is 6.07. The number of nitrogens with one attached hydrogen (secondary N) is 3. The number of benzene rings is 1. The van der Waals surface area contributed by atoms with Crippen molar-refractivity contribution in [2.75, 3.05) is 5.32 Å². The van der Waals surface area contributed by atoms with Gasteiger partial charge >= 0.3 is 0 Å². The normalized spacial score (nSPS) is 10.5. The van der Waals surface area contributed by atoms with Gasteiger partial charge in [0.2, 0.25) is 0 Å². The first-order valence-electron chi connectivity index (χ1n) is 6.72. The van der Waals surface area contributed by atoms with Gasteiger partial charge < -0.3 is 5.32 Å². The van der Waals surface area contributed by atoms with E-state index in [9.17, 15) is 4.79 Å². The van der Waals surface area contributed by atoms with E-state index in [2.05, 4.69) is 25.7 Å². The molecule has 0 spiro atoms. The van der Waals surface area contributed by atoms with Gasteiger partial charge in [-0.05, 0) is 6.42 Å². The van der Waals surface area contributed by atoms with Gasteiger partial charge in [-0.2, -0.15) is 10.2 Å². The Morgan fingerprint density at radius 2 is 1.90 bits per heavy atom. The van der Waals surface area contributed by atoms with E-state index in [0.29, 0.717) is 17.1 Å². The number of aryl methyl sites for hydroxylation is 1. The van der Waals surface area contributed by atoms with Crippen LogP contribution in [0.4, 0.5) is 5.82 Å². The molecule has 0 aliphatic heterocycles. The predicted molar refractivity (Wildman–Crippen MR) is 79.9 cm³/mol. The number of H-pyrrole nitrogens is 2. The first-order valence-corrected chi connectivity index (χ1v) is 6.72. The molecule has 0 saturated heterocycles. The van der Waals surface area contributed by atoms with E-state index in [1.54, 1.807) is 6.20 Å². The maximum Gasteiger partial charge on any atom is 0.260 e. The lowest BCUT2D eigenvalue weighted by Crippen LogP contribution is -2.13. The third-order valence-corrected chi connectivity index (χ3v) is 3.28. The van der Waals surface area contributed by atoms with Crippen LogP contribution in [-0.4, -0.2) is 26.3 Å². The van der Waals surface area contributed by atoms with Gasteiger partial charge in [-0.1, -0.05) is 37.3 Å². The Kier molecular flexibility index (Phi) is 3.51. The fourth-order valence-electron chi connectivity index (χ4n) is 2.15. The Bertz CT molecular complexity index is 744. The van der Waals surface area contributed by atoms with Crippen LogP contribution >= 0.6 is 0 Å². The number of aromatic nitrogens is 4. The Hall–Kier alpha value is -2.89. The number of aromatic amines is 2. The number of rotatable bonds is 4. The van der Waals surface area contributed by atoms with Crippen molar-refractivity contribution in [3.63, 3.8) is 0 Å². The summed E-state index contributed by atoms with van der Waals surface area (Å²) >= 11 is 0. The molecule has 2 aromatic heterocycles. The highest BCUT2D eigenvalue weighted by Crippen LogP contribution is 2.22. The summed E-state index contributed by atoms with van der Waals surface area (Å²) in [6.45, 7) is 2.01. The molecule has 2 heterocycles. The summed E-state index contributed by atoms with van der Waals surface area (Å²) in [5, 5.41) is 16.4. The molecule has 1 amide bonds. The number of anilines is 1. The molecule has 1 aromatic carbocycles. The molecule has 3 N–H and O–H groups in total. The molecule has 3 rings (SSSR count). The summed E-state index contributed by atoms with van der Waals surface area (Å²) in [6, 6.07) is 9.62. The third kappa shape index (κ3) is 2.55. The lowest BCUT2D eigenvalue weighted by molar-refractivity contribution is 0.102. The second-order valence-electron chi connectivity index (χ2n) is 4.60. The molecule has 21 heavy (non-hydrogen) atoms. The number of hydrogen-bond acceptors (Lipinski definition) is 3. The lowest BCUT2D eigenvalue weighted by atomic mass is 10.1. The molecule has 0 bridgehead atoms. The molecular weight excluding hydrogens is 266 g/mol. The van der Waals surface area contributed by atoms with Gasteiger partial charge in [0.15, 0.2) is 0 Å². The van der Waals surface area contributed by atoms with Gasteiger partial charge in [-0.15, -0.1) is 0 Å². The number of amides is 1. The van der Waals surface area contributed by atoms with Gasteiger partial charge in [-0.3, -0.25) is 15.0 Å². The van der Waals surface area contributed by atoms with Crippen molar-refractivity contribution in [1.82, 2.24) is 20.4 Å². The summed E-state index contributed by atoms with van der Waals surface area (Å²) in [4.78, 5) is 12.4. The Morgan fingerprint density at radius 1 is 1.14 bits per heavy atom. The van der Waals surface area contributed by atoms with E-state index < -0.39 is 0 Å². The minimum atomic E-state index is -0.221. The minimum absolute atomic E-state index is 0.221. The fourth-order valence-corrected chi connectivity index (χ4v) is 2.15. The predicted octanol–water partition coefficient (Wildman–Crippen LogP) is 2.61. The van der Waals surface area contributed by atoms with Gasteiger partial charge in [0.25, 0.3) is 5.91 Å². The van der Waals surface area contributed by atoms with Crippen LogP contribution in [0.5, 0.6) is 0 Å². The smallest absolute Gasteiger partial charge is 0.260 e. The van der Waals surface area contributed by atoms with Gasteiger partial charge in [-0.25, -0.2) is 0 Å². The van der Waals surface area contributed by atoms with Crippen LogP contribution in [0.15, 0.2) is 42.7 Å². The van der Waals surface area contributed by atoms with Crippen LogP contribution in [0.2, 0.25) is 0 Å². The van der Waals surface area contributed by atoms with Gasteiger partial charge in [0.05, 0.1) is 23.7 Å². The third-order valence-electron chi connectivity index (χ3n) is 3.28. The molecule has 0 saturated carbocycles. The monoisotopic (exact) mass is 281 g/mol. The van der Waals surface area contributed by atoms with Gasteiger partial charge in [0, 0.05) is 11.1 Å². The molecular formula is C15H15N5O. The van der Waals surface area contributed by atoms with Crippen molar-refractivity contribution in [3.8, 4) is 11.3 Å². The quantitative estimate of drug-likeness (QED) is 0.687. The number of carbonyl (C=O) groups is 1. The standard InChI is InChI=1S/C15H15N5O/c1-2-10-8-16-20-14(10)18-15(21)12-9-17-19-13(12)11-6-4-3-5-7-11/h3-9H,2H2,1H3,(H,17,19)(H2,16,18,20,21). The molecule has 0 aliphatic rings. The van der Waals surface area contributed by atoms with Crippen LogP contribution < -0.4 is 5.32 Å². The number of nitrogens with zero attached hydrogens (tertiary/aromatic N) is 2. The van der Waals surface area contributed by atoms with Crippen molar-refractivity contribution in [3.05, 3.63) is 53.9 Å². The molecule has 3 aromatic rings. The largest absolute Gasteiger partial charge is 0.307 e. The first kappa shape index (κ1) is 13.1. The second-order valence-corrected chi connectivity index (χ2v) is 4.60. The SMILES string of the molecule is CCc1cn[nH]c1NC(=O)c1cn[nH]c1-c1ccccc1. The van der Waals surface area contributed by atoms with Crippen LogP contribution in [0, 0.1) is 0 Å². The molecule has 6 nitrogen and oxygen atoms in total. The van der Waals surface area contributed by atoms with Crippen molar-refractivity contribution < 1.29 is 4.79 Å². The Balaban J connectivity index is 1.88. The molecule has 6 heteroatoms. The summed E-state index contributed by atoms with van der Waals surface area (Å²) in [5.74, 6) is 0.407. The first-order chi connectivity index (χ1) is 10.3. The highest BCUT2D eigenvalue weighted by atomic mass is 16.1. The van der Waals surface area contributed by atoms with E-state index in [1.165, 1.54) is 6.20 Å². The Morgan fingerprint density at radius 3 is 2.67 bits per heavy atom. The van der Waals surface area contributed by atoms with E-state index in [-0.39, 0.29) is 5.91 Å². The summed E-state index contributed by atoms with van der Waals surface area (Å²) in [6.07, 6.45) is 4.03. The van der Waals surface area contributed by atoms with Crippen LogP contribution in [0.1, 0.15) is 22.8 Å². The zero-order valence-electron chi connectivity index (χ0n) is 11.6. The van der Waals surface area contributed by atoms with E-state index in [4.69, 9.17) is 0 Å². The average molecular weight is 281 g/mol. The maximum absolute atomic E-state index is 12.4. The molecule has 0 fully saturated rings. The maximum atomic E-state index is 12.4. The highest BCUT2D eigenvalue weighted by Gasteiger charge is 2.16. The minimum Gasteiger partial charge on any atom is -0.307 e.